The molecule has 11 rings (SSSR count). The zero-order chi connectivity index (χ0) is 33.5. The molecule has 9 aromatic carbocycles. The standard InChI is InChI=1S/C48H29NO2/c1-3-11-37-31(9-1)17-18-32-21-25-36(29-42(32)37)49(43-27-34-10-2-4-12-38(34)47-41-14-6-8-16-45(41)51-48(43)47)35-23-19-30(20-24-35)33-22-26-40-39-13-5-7-15-44(39)50-46(40)28-33/h1-29H. The molecule has 0 aliphatic heterocycles. The Hall–Kier alpha value is -6.84. The number of nitrogens with zero attached hydrogens (tertiary/aromatic N) is 1. The Morgan fingerprint density at radius 1 is 0.333 bits per heavy atom. The quantitative estimate of drug-likeness (QED) is 0.177. The Balaban J connectivity index is 1.14. The van der Waals surface area contributed by atoms with Gasteiger partial charge in [0.05, 0.1) is 5.69 Å². The van der Waals surface area contributed by atoms with Crippen molar-refractivity contribution in [3.05, 3.63) is 176 Å². The predicted octanol–water partition coefficient (Wildman–Crippen LogP) is 14.1. The molecule has 0 N–H and O–H groups in total. The lowest BCUT2D eigenvalue weighted by atomic mass is 9.99. The van der Waals surface area contributed by atoms with E-state index in [9.17, 15) is 0 Å². The van der Waals surface area contributed by atoms with Crippen molar-refractivity contribution in [2.45, 2.75) is 0 Å². The van der Waals surface area contributed by atoms with Crippen LogP contribution in [0.15, 0.2) is 185 Å². The van der Waals surface area contributed by atoms with E-state index >= 15 is 0 Å². The highest BCUT2D eigenvalue weighted by Gasteiger charge is 2.22. The second-order valence-corrected chi connectivity index (χ2v) is 13.3. The monoisotopic (exact) mass is 651 g/mol. The van der Waals surface area contributed by atoms with E-state index < -0.39 is 0 Å². The summed E-state index contributed by atoms with van der Waals surface area (Å²) in [5.41, 5.74) is 8.89. The van der Waals surface area contributed by atoms with Gasteiger partial charge in [-0.1, -0.05) is 121 Å². The van der Waals surface area contributed by atoms with Crippen LogP contribution in [-0.4, -0.2) is 0 Å². The molecule has 0 atom stereocenters. The van der Waals surface area contributed by atoms with E-state index in [0.717, 1.165) is 72.1 Å². The number of fused-ring (bicyclic) bond motifs is 11. The Bertz CT molecular complexity index is 3150. The predicted molar refractivity (Wildman–Crippen MR) is 214 cm³/mol. The molecule has 0 saturated carbocycles. The van der Waals surface area contributed by atoms with Crippen LogP contribution in [0.5, 0.6) is 0 Å². The van der Waals surface area contributed by atoms with Crippen molar-refractivity contribution < 1.29 is 8.83 Å². The summed E-state index contributed by atoms with van der Waals surface area (Å²) in [6, 6.07) is 62.7. The van der Waals surface area contributed by atoms with Crippen molar-refractivity contribution in [3.8, 4) is 11.1 Å². The van der Waals surface area contributed by atoms with E-state index in [1.54, 1.807) is 0 Å². The number of rotatable bonds is 4. The molecule has 0 fully saturated rings. The fourth-order valence-corrected chi connectivity index (χ4v) is 7.99. The number of hydrogen-bond donors (Lipinski definition) is 0. The molecule has 51 heavy (non-hydrogen) atoms. The molecule has 2 aromatic heterocycles. The molecule has 0 spiro atoms. The highest BCUT2D eigenvalue weighted by atomic mass is 16.3. The van der Waals surface area contributed by atoms with Crippen LogP contribution >= 0.6 is 0 Å². The molecule has 0 saturated heterocycles. The third-order valence-corrected chi connectivity index (χ3v) is 10.4. The summed E-state index contributed by atoms with van der Waals surface area (Å²) in [6.07, 6.45) is 0. The summed E-state index contributed by atoms with van der Waals surface area (Å²) < 4.78 is 13.0. The van der Waals surface area contributed by atoms with Gasteiger partial charge in [0.2, 0.25) is 0 Å². The summed E-state index contributed by atoms with van der Waals surface area (Å²) in [5, 5.41) is 11.8. The van der Waals surface area contributed by atoms with Crippen LogP contribution in [-0.2, 0) is 0 Å². The Morgan fingerprint density at radius 2 is 0.922 bits per heavy atom. The van der Waals surface area contributed by atoms with Gasteiger partial charge in [0.1, 0.15) is 16.7 Å². The molecule has 3 heteroatoms. The van der Waals surface area contributed by atoms with Gasteiger partial charge in [-0.3, -0.25) is 0 Å². The average Bonchev–Trinajstić information content (AvgIpc) is 3.77. The van der Waals surface area contributed by atoms with Gasteiger partial charge < -0.3 is 13.7 Å². The van der Waals surface area contributed by atoms with Gasteiger partial charge in [0.15, 0.2) is 5.58 Å². The largest absolute Gasteiger partial charge is 0.456 e. The topological polar surface area (TPSA) is 29.5 Å². The molecule has 0 amide bonds. The highest BCUT2D eigenvalue weighted by Crippen LogP contribution is 2.46. The smallest absolute Gasteiger partial charge is 0.160 e. The molecule has 0 unspecified atom stereocenters. The summed E-state index contributed by atoms with van der Waals surface area (Å²) in [5.74, 6) is 0. The van der Waals surface area contributed by atoms with E-state index in [1.165, 1.54) is 32.3 Å². The van der Waals surface area contributed by atoms with Gasteiger partial charge in [-0.05, 0) is 98.0 Å². The fraction of sp³-hybridized carbons (Fsp3) is 0. The van der Waals surface area contributed by atoms with Gasteiger partial charge in [0.25, 0.3) is 0 Å². The number of hydrogen-bond acceptors (Lipinski definition) is 3. The molecule has 11 aromatic rings. The Labute approximate surface area is 293 Å². The van der Waals surface area contributed by atoms with Gasteiger partial charge in [-0.2, -0.15) is 0 Å². The first kappa shape index (κ1) is 28.0. The third kappa shape index (κ3) is 4.32. The summed E-state index contributed by atoms with van der Waals surface area (Å²) in [6.45, 7) is 0. The molecular formula is C48H29NO2. The third-order valence-electron chi connectivity index (χ3n) is 10.4. The van der Waals surface area contributed by atoms with Crippen molar-refractivity contribution in [1.82, 2.24) is 0 Å². The number of furan rings is 2. The maximum absolute atomic E-state index is 6.78. The highest BCUT2D eigenvalue weighted by molar-refractivity contribution is 6.23. The maximum Gasteiger partial charge on any atom is 0.160 e. The van der Waals surface area contributed by atoms with Crippen LogP contribution in [0.2, 0.25) is 0 Å². The maximum atomic E-state index is 6.78. The van der Waals surface area contributed by atoms with Gasteiger partial charge >= 0.3 is 0 Å². The van der Waals surface area contributed by atoms with Crippen LogP contribution in [0.25, 0.3) is 87.3 Å². The van der Waals surface area contributed by atoms with Crippen molar-refractivity contribution in [2.24, 2.45) is 0 Å². The van der Waals surface area contributed by atoms with Gasteiger partial charge in [-0.15, -0.1) is 0 Å². The number of para-hydroxylation sites is 2. The fourth-order valence-electron chi connectivity index (χ4n) is 7.99. The zero-order valence-electron chi connectivity index (χ0n) is 27.5. The van der Waals surface area contributed by atoms with Crippen LogP contribution < -0.4 is 4.90 Å². The van der Waals surface area contributed by atoms with Gasteiger partial charge in [0, 0.05) is 32.9 Å². The number of anilines is 3. The summed E-state index contributed by atoms with van der Waals surface area (Å²) in [4.78, 5) is 2.35. The van der Waals surface area contributed by atoms with Crippen LogP contribution in [0, 0.1) is 0 Å². The SMILES string of the molecule is c1ccc2c(c1)ccc1ccc(N(c3ccc(-c4ccc5c(c4)oc4ccccc45)cc3)c3cc4ccccc4c4c3oc3ccccc34)cc12. The Morgan fingerprint density at radius 3 is 1.75 bits per heavy atom. The number of benzene rings is 9. The molecule has 0 aliphatic carbocycles. The Kier molecular flexibility index (Phi) is 5.96. The first-order valence-corrected chi connectivity index (χ1v) is 17.3. The molecule has 238 valence electrons. The first-order chi connectivity index (χ1) is 25.3. The zero-order valence-corrected chi connectivity index (χ0v) is 27.5. The molecule has 3 nitrogen and oxygen atoms in total. The van der Waals surface area contributed by atoms with Crippen molar-refractivity contribution >= 4 is 93.3 Å². The normalized spacial score (nSPS) is 11.9. The minimum Gasteiger partial charge on any atom is -0.456 e. The van der Waals surface area contributed by atoms with E-state index in [4.69, 9.17) is 8.83 Å². The van der Waals surface area contributed by atoms with Crippen LogP contribution in [0.3, 0.4) is 0 Å². The molecule has 0 radical (unpaired) electrons. The lowest BCUT2D eigenvalue weighted by Gasteiger charge is -2.27. The van der Waals surface area contributed by atoms with Crippen molar-refractivity contribution in [2.75, 3.05) is 4.90 Å². The lowest BCUT2D eigenvalue weighted by molar-refractivity contribution is 0.669. The second kappa shape index (κ2) is 10.8. The first-order valence-electron chi connectivity index (χ1n) is 17.3. The van der Waals surface area contributed by atoms with Crippen molar-refractivity contribution in [1.29, 1.82) is 0 Å². The average molecular weight is 652 g/mol. The van der Waals surface area contributed by atoms with E-state index in [1.807, 2.05) is 18.2 Å². The lowest BCUT2D eigenvalue weighted by Crippen LogP contribution is -2.10. The van der Waals surface area contributed by atoms with Gasteiger partial charge in [-0.25, -0.2) is 0 Å². The minimum absolute atomic E-state index is 0.868. The molecule has 2 heterocycles. The summed E-state index contributed by atoms with van der Waals surface area (Å²) >= 11 is 0. The molecular weight excluding hydrogens is 623 g/mol. The van der Waals surface area contributed by atoms with E-state index in [2.05, 4.69) is 163 Å². The van der Waals surface area contributed by atoms with E-state index in [0.29, 0.717) is 0 Å². The molecule has 0 bridgehead atoms. The van der Waals surface area contributed by atoms with Crippen LogP contribution in [0.4, 0.5) is 17.1 Å². The van der Waals surface area contributed by atoms with E-state index in [-0.39, 0.29) is 0 Å². The van der Waals surface area contributed by atoms with Crippen molar-refractivity contribution in [3.63, 3.8) is 0 Å². The minimum atomic E-state index is 0.868. The summed E-state index contributed by atoms with van der Waals surface area (Å²) in [7, 11) is 0. The van der Waals surface area contributed by atoms with Crippen LogP contribution in [0.1, 0.15) is 0 Å². The second-order valence-electron chi connectivity index (χ2n) is 13.3. The molecule has 0 aliphatic rings.